The number of nitrogens with zero attached hydrogens (tertiary/aromatic N) is 4. The van der Waals surface area contributed by atoms with Crippen molar-refractivity contribution in [2.24, 2.45) is 0 Å². The second-order valence-corrected chi connectivity index (χ2v) is 11.8. The molecular formula is C33H27N4OP. The van der Waals surface area contributed by atoms with Crippen LogP contribution in [0.1, 0.15) is 0 Å². The number of anilines is 4. The second-order valence-electron chi connectivity index (χ2n) is 9.60. The molecular weight excluding hydrogens is 499 g/mol. The van der Waals surface area contributed by atoms with Gasteiger partial charge < -0.3 is 19.4 Å². The zero-order valence-corrected chi connectivity index (χ0v) is 22.4. The van der Waals surface area contributed by atoms with E-state index in [1.807, 2.05) is 24.3 Å². The lowest BCUT2D eigenvalue weighted by Gasteiger charge is -2.38. The van der Waals surface area contributed by atoms with E-state index in [2.05, 4.69) is 130 Å². The predicted octanol–water partition coefficient (Wildman–Crippen LogP) is 6.60. The van der Waals surface area contributed by atoms with Crippen molar-refractivity contribution in [3.63, 3.8) is 0 Å². The van der Waals surface area contributed by atoms with E-state index < -0.39 is 7.92 Å². The third-order valence-corrected chi connectivity index (χ3v) is 9.46. The van der Waals surface area contributed by atoms with Gasteiger partial charge in [0, 0.05) is 53.7 Å². The molecule has 0 spiro atoms. The Morgan fingerprint density at radius 2 is 1.49 bits per heavy atom. The summed E-state index contributed by atoms with van der Waals surface area (Å²) in [6, 6.07) is 40.5. The number of aromatic nitrogens is 1. The SMILES string of the molecule is CN1C=CN(c2cccc(P3c4ccccc4N(c4ccccc4)c4ccc(Oc5ccccn5)cc43)c2)C1. The molecule has 4 aromatic carbocycles. The van der Waals surface area contributed by atoms with Crippen molar-refractivity contribution in [1.82, 2.24) is 9.88 Å². The Balaban J connectivity index is 1.40. The van der Waals surface area contributed by atoms with Crippen molar-refractivity contribution in [1.29, 1.82) is 0 Å². The molecule has 6 heteroatoms. The number of benzene rings is 4. The van der Waals surface area contributed by atoms with Gasteiger partial charge in [-0.05, 0) is 67.8 Å². The summed E-state index contributed by atoms with van der Waals surface area (Å²) in [7, 11) is 1.24. The molecule has 0 saturated carbocycles. The average Bonchev–Trinajstić information content (AvgIpc) is 3.43. The van der Waals surface area contributed by atoms with Crippen LogP contribution in [0.15, 0.2) is 134 Å². The Labute approximate surface area is 230 Å². The van der Waals surface area contributed by atoms with E-state index in [4.69, 9.17) is 4.74 Å². The first-order valence-corrected chi connectivity index (χ1v) is 14.3. The number of hydrogen-bond acceptors (Lipinski definition) is 5. The van der Waals surface area contributed by atoms with Crippen LogP contribution >= 0.6 is 7.92 Å². The Morgan fingerprint density at radius 1 is 0.692 bits per heavy atom. The van der Waals surface area contributed by atoms with E-state index in [1.54, 1.807) is 6.20 Å². The lowest BCUT2D eigenvalue weighted by molar-refractivity contribution is 0.463. The van der Waals surface area contributed by atoms with Gasteiger partial charge in [0.2, 0.25) is 5.88 Å². The van der Waals surface area contributed by atoms with Gasteiger partial charge in [0.05, 0.1) is 18.0 Å². The van der Waals surface area contributed by atoms with E-state index in [9.17, 15) is 0 Å². The lowest BCUT2D eigenvalue weighted by atomic mass is 10.1. The minimum Gasteiger partial charge on any atom is -0.439 e. The molecule has 1 atom stereocenters. The maximum absolute atomic E-state index is 6.23. The number of hydrogen-bond donors (Lipinski definition) is 0. The largest absolute Gasteiger partial charge is 0.439 e. The highest BCUT2D eigenvalue weighted by Gasteiger charge is 2.33. The van der Waals surface area contributed by atoms with Crippen LogP contribution in [0, 0.1) is 0 Å². The topological polar surface area (TPSA) is 31.8 Å². The molecule has 2 aliphatic heterocycles. The normalized spacial score (nSPS) is 15.7. The summed E-state index contributed by atoms with van der Waals surface area (Å²) >= 11 is 0. The van der Waals surface area contributed by atoms with Gasteiger partial charge in [-0.3, -0.25) is 0 Å². The number of ether oxygens (including phenoxy) is 1. The molecule has 190 valence electrons. The minimum absolute atomic E-state index is 0.588. The van der Waals surface area contributed by atoms with Crippen molar-refractivity contribution in [2.75, 3.05) is 23.5 Å². The molecule has 0 fully saturated rings. The molecule has 0 amide bonds. The van der Waals surface area contributed by atoms with Gasteiger partial charge in [-0.25, -0.2) is 4.98 Å². The summed E-state index contributed by atoms with van der Waals surface area (Å²) in [5.74, 6) is 1.37. The van der Waals surface area contributed by atoms with E-state index in [-0.39, 0.29) is 0 Å². The minimum atomic E-state index is -0.854. The number of fused-ring (bicyclic) bond motifs is 2. The van der Waals surface area contributed by atoms with Crippen molar-refractivity contribution in [2.45, 2.75) is 0 Å². The molecule has 0 radical (unpaired) electrons. The van der Waals surface area contributed by atoms with Crippen LogP contribution < -0.4 is 30.5 Å². The Hall–Kier alpha value is -4.60. The summed E-state index contributed by atoms with van der Waals surface area (Å²) in [5.41, 5.74) is 4.72. The highest BCUT2D eigenvalue weighted by molar-refractivity contribution is 7.80. The Bertz CT molecular complexity index is 1660. The fourth-order valence-electron chi connectivity index (χ4n) is 5.21. The van der Waals surface area contributed by atoms with Gasteiger partial charge in [-0.1, -0.05) is 54.6 Å². The zero-order valence-electron chi connectivity index (χ0n) is 21.6. The molecule has 1 aromatic heterocycles. The van der Waals surface area contributed by atoms with Crippen molar-refractivity contribution in [3.05, 3.63) is 134 Å². The molecule has 39 heavy (non-hydrogen) atoms. The third kappa shape index (κ3) is 4.41. The first-order valence-electron chi connectivity index (χ1n) is 13.0. The first kappa shape index (κ1) is 23.5. The summed E-state index contributed by atoms with van der Waals surface area (Å²) in [6.45, 7) is 0.846. The number of para-hydroxylation sites is 2. The molecule has 1 unspecified atom stereocenters. The van der Waals surface area contributed by atoms with E-state index in [0.29, 0.717) is 5.88 Å². The average molecular weight is 527 g/mol. The van der Waals surface area contributed by atoms with Crippen molar-refractivity contribution in [3.8, 4) is 11.6 Å². The Morgan fingerprint density at radius 3 is 2.31 bits per heavy atom. The summed E-state index contributed by atoms with van der Waals surface area (Å²) in [5, 5.41) is 3.89. The zero-order chi connectivity index (χ0) is 26.2. The molecule has 0 N–H and O–H groups in total. The Kier molecular flexibility index (Phi) is 5.99. The maximum Gasteiger partial charge on any atom is 0.219 e. The van der Waals surface area contributed by atoms with E-state index in [1.165, 1.54) is 33.0 Å². The molecule has 5 aromatic rings. The summed E-state index contributed by atoms with van der Waals surface area (Å²) in [4.78, 5) is 11.2. The number of pyridine rings is 1. The molecule has 2 aliphatic rings. The molecule has 0 bridgehead atoms. The predicted molar refractivity (Wildman–Crippen MR) is 162 cm³/mol. The quantitative estimate of drug-likeness (QED) is 0.237. The van der Waals surface area contributed by atoms with Crippen LogP contribution in [-0.2, 0) is 0 Å². The molecule has 3 heterocycles. The molecule has 0 saturated heterocycles. The maximum atomic E-state index is 6.23. The van der Waals surface area contributed by atoms with Gasteiger partial charge in [0.25, 0.3) is 0 Å². The molecule has 0 aliphatic carbocycles. The van der Waals surface area contributed by atoms with Crippen LogP contribution in [0.5, 0.6) is 11.6 Å². The second kappa shape index (κ2) is 9.94. The van der Waals surface area contributed by atoms with Crippen LogP contribution in [0.2, 0.25) is 0 Å². The first-order chi connectivity index (χ1) is 19.2. The van der Waals surface area contributed by atoms with Gasteiger partial charge >= 0.3 is 0 Å². The highest BCUT2D eigenvalue weighted by atomic mass is 31.1. The van der Waals surface area contributed by atoms with Gasteiger partial charge in [0.1, 0.15) is 5.75 Å². The van der Waals surface area contributed by atoms with Gasteiger partial charge in [-0.2, -0.15) is 0 Å². The summed E-state index contributed by atoms with van der Waals surface area (Å²) < 4.78 is 6.23. The van der Waals surface area contributed by atoms with Gasteiger partial charge in [0.15, 0.2) is 0 Å². The van der Waals surface area contributed by atoms with Gasteiger partial charge in [-0.15, -0.1) is 0 Å². The van der Waals surface area contributed by atoms with Crippen LogP contribution in [0.4, 0.5) is 22.7 Å². The monoisotopic (exact) mass is 526 g/mol. The fraction of sp³-hybridized carbons (Fsp3) is 0.0606. The lowest BCUT2D eigenvalue weighted by Crippen LogP contribution is -2.34. The third-order valence-electron chi connectivity index (χ3n) is 6.96. The number of rotatable bonds is 5. The molecule has 7 rings (SSSR count). The van der Waals surface area contributed by atoms with E-state index in [0.717, 1.165) is 18.1 Å². The van der Waals surface area contributed by atoms with Crippen molar-refractivity contribution < 1.29 is 4.74 Å². The standard InChI is InChI=1S/C33H27N4OP/c1-35-20-21-36(24-35)26-12-9-13-28(22-26)39-31-15-6-5-14-29(31)37(25-10-3-2-4-11-25)30-18-17-27(23-32(30)39)38-33-16-7-8-19-34-33/h2-23H,24H2,1H3. The van der Waals surface area contributed by atoms with Crippen LogP contribution in [0.3, 0.4) is 0 Å². The van der Waals surface area contributed by atoms with Crippen LogP contribution in [0.25, 0.3) is 0 Å². The van der Waals surface area contributed by atoms with E-state index >= 15 is 0 Å². The summed E-state index contributed by atoms with van der Waals surface area (Å²) in [6.07, 6.45) is 6.01. The van der Waals surface area contributed by atoms with Crippen molar-refractivity contribution >= 4 is 46.6 Å². The highest BCUT2D eigenvalue weighted by Crippen LogP contribution is 2.49. The fourth-order valence-corrected chi connectivity index (χ4v) is 7.82. The smallest absolute Gasteiger partial charge is 0.219 e. The molecule has 5 nitrogen and oxygen atoms in total. The van der Waals surface area contributed by atoms with Crippen LogP contribution in [-0.4, -0.2) is 23.6 Å².